The largest absolute Gasteiger partial charge is 0.480 e. The fourth-order valence-electron chi connectivity index (χ4n) is 2.76. The number of amides is 1. The van der Waals surface area contributed by atoms with Gasteiger partial charge in [0.05, 0.1) is 6.54 Å². The van der Waals surface area contributed by atoms with E-state index in [0.29, 0.717) is 5.92 Å². The van der Waals surface area contributed by atoms with Gasteiger partial charge in [0.25, 0.3) is 0 Å². The van der Waals surface area contributed by atoms with Crippen molar-refractivity contribution in [2.75, 3.05) is 6.54 Å². The standard InChI is InChI=1S/C15H28N2O3/c1-4-10(2)14(15(19)20)16-9-13(18)17-12-8-6-5-7-11(12)3/h10-12,14,16H,4-9H2,1-3H3,(H,17,18)(H,19,20)/t10-,11?,12?,14-/m0/s1. The average molecular weight is 284 g/mol. The van der Waals surface area contributed by atoms with E-state index in [1.807, 2.05) is 13.8 Å². The first-order chi connectivity index (χ1) is 9.45. The van der Waals surface area contributed by atoms with Gasteiger partial charge >= 0.3 is 5.97 Å². The fraction of sp³-hybridized carbons (Fsp3) is 0.867. The first-order valence-electron chi connectivity index (χ1n) is 7.71. The smallest absolute Gasteiger partial charge is 0.320 e. The van der Waals surface area contributed by atoms with E-state index in [2.05, 4.69) is 17.6 Å². The third-order valence-electron chi connectivity index (χ3n) is 4.42. The van der Waals surface area contributed by atoms with E-state index in [0.717, 1.165) is 25.7 Å². The molecule has 116 valence electrons. The number of carboxylic acid groups (broad SMARTS) is 1. The Morgan fingerprint density at radius 1 is 1.30 bits per heavy atom. The highest BCUT2D eigenvalue weighted by molar-refractivity contribution is 5.80. The van der Waals surface area contributed by atoms with E-state index in [9.17, 15) is 9.59 Å². The number of nitrogens with one attached hydrogen (secondary N) is 2. The van der Waals surface area contributed by atoms with Crippen molar-refractivity contribution in [3.63, 3.8) is 0 Å². The van der Waals surface area contributed by atoms with E-state index in [4.69, 9.17) is 5.11 Å². The van der Waals surface area contributed by atoms with Crippen LogP contribution < -0.4 is 10.6 Å². The van der Waals surface area contributed by atoms with Crippen molar-refractivity contribution < 1.29 is 14.7 Å². The second kappa shape index (κ2) is 8.25. The highest BCUT2D eigenvalue weighted by Crippen LogP contribution is 2.23. The molecule has 0 saturated heterocycles. The van der Waals surface area contributed by atoms with Crippen LogP contribution >= 0.6 is 0 Å². The summed E-state index contributed by atoms with van der Waals surface area (Å²) in [6.45, 7) is 6.07. The zero-order chi connectivity index (χ0) is 15.1. The van der Waals surface area contributed by atoms with Gasteiger partial charge in [0.2, 0.25) is 5.91 Å². The van der Waals surface area contributed by atoms with E-state index in [1.54, 1.807) is 0 Å². The summed E-state index contributed by atoms with van der Waals surface area (Å²) in [7, 11) is 0. The van der Waals surface area contributed by atoms with Crippen molar-refractivity contribution >= 4 is 11.9 Å². The van der Waals surface area contributed by atoms with Crippen LogP contribution in [0.25, 0.3) is 0 Å². The first kappa shape index (κ1) is 17.0. The van der Waals surface area contributed by atoms with Crippen LogP contribution in [0.2, 0.25) is 0 Å². The maximum Gasteiger partial charge on any atom is 0.320 e. The van der Waals surface area contributed by atoms with Crippen molar-refractivity contribution in [1.29, 1.82) is 0 Å². The molecule has 5 heteroatoms. The molecule has 1 saturated carbocycles. The van der Waals surface area contributed by atoms with Crippen molar-refractivity contribution in [3.05, 3.63) is 0 Å². The molecular formula is C15H28N2O3. The molecular weight excluding hydrogens is 256 g/mol. The van der Waals surface area contributed by atoms with Crippen LogP contribution in [0.15, 0.2) is 0 Å². The monoisotopic (exact) mass is 284 g/mol. The Balaban J connectivity index is 2.39. The summed E-state index contributed by atoms with van der Waals surface area (Å²) < 4.78 is 0. The van der Waals surface area contributed by atoms with Gasteiger partial charge in [0.1, 0.15) is 6.04 Å². The van der Waals surface area contributed by atoms with E-state index < -0.39 is 12.0 Å². The molecule has 1 fully saturated rings. The zero-order valence-electron chi connectivity index (χ0n) is 12.8. The Hall–Kier alpha value is -1.10. The van der Waals surface area contributed by atoms with Crippen molar-refractivity contribution in [1.82, 2.24) is 10.6 Å². The summed E-state index contributed by atoms with van der Waals surface area (Å²) in [5.74, 6) is -0.470. The van der Waals surface area contributed by atoms with Gasteiger partial charge in [-0.05, 0) is 24.7 Å². The molecule has 2 unspecified atom stereocenters. The third-order valence-corrected chi connectivity index (χ3v) is 4.42. The average Bonchev–Trinajstić information content (AvgIpc) is 2.41. The Labute approximate surface area is 121 Å². The minimum atomic E-state index is -0.891. The van der Waals surface area contributed by atoms with E-state index in [1.165, 1.54) is 6.42 Å². The van der Waals surface area contributed by atoms with Crippen LogP contribution in [-0.2, 0) is 9.59 Å². The molecule has 0 aromatic heterocycles. The quantitative estimate of drug-likeness (QED) is 0.666. The van der Waals surface area contributed by atoms with Gasteiger partial charge in [-0.25, -0.2) is 0 Å². The molecule has 1 amide bonds. The van der Waals surface area contributed by atoms with Gasteiger partial charge < -0.3 is 10.4 Å². The van der Waals surface area contributed by atoms with Gasteiger partial charge in [0.15, 0.2) is 0 Å². The Morgan fingerprint density at radius 2 is 1.95 bits per heavy atom. The Kier molecular flexibility index (Phi) is 6.99. The molecule has 1 aliphatic rings. The van der Waals surface area contributed by atoms with Gasteiger partial charge in [0, 0.05) is 6.04 Å². The summed E-state index contributed by atoms with van der Waals surface area (Å²) in [5.41, 5.74) is 0. The molecule has 0 aliphatic heterocycles. The number of aliphatic carboxylic acids is 1. The predicted octanol–water partition coefficient (Wildman–Crippen LogP) is 1.77. The van der Waals surface area contributed by atoms with Crippen LogP contribution in [0.5, 0.6) is 0 Å². The normalized spacial score (nSPS) is 25.8. The van der Waals surface area contributed by atoms with Gasteiger partial charge in [-0.3, -0.25) is 14.9 Å². The zero-order valence-corrected chi connectivity index (χ0v) is 12.8. The summed E-state index contributed by atoms with van der Waals surface area (Å²) in [6, 6.07) is -0.417. The lowest BCUT2D eigenvalue weighted by molar-refractivity contribution is -0.141. The molecule has 0 heterocycles. The molecule has 4 atom stereocenters. The number of carbonyl (C=O) groups is 2. The molecule has 0 spiro atoms. The number of carboxylic acids is 1. The number of carbonyl (C=O) groups excluding carboxylic acids is 1. The lowest BCUT2D eigenvalue weighted by Crippen LogP contribution is -2.49. The highest BCUT2D eigenvalue weighted by atomic mass is 16.4. The molecule has 3 N–H and O–H groups in total. The Morgan fingerprint density at radius 3 is 2.50 bits per heavy atom. The Bertz CT molecular complexity index is 333. The van der Waals surface area contributed by atoms with Crippen molar-refractivity contribution in [2.45, 2.75) is 65.0 Å². The molecule has 1 aliphatic carbocycles. The number of rotatable bonds is 7. The van der Waals surface area contributed by atoms with Crippen LogP contribution in [-0.4, -0.2) is 35.6 Å². The van der Waals surface area contributed by atoms with E-state index in [-0.39, 0.29) is 24.4 Å². The summed E-state index contributed by atoms with van der Waals surface area (Å²) in [6.07, 6.45) is 5.35. The highest BCUT2D eigenvalue weighted by Gasteiger charge is 2.25. The van der Waals surface area contributed by atoms with Crippen LogP contribution in [0.4, 0.5) is 0 Å². The molecule has 1 rings (SSSR count). The second-order valence-corrected chi connectivity index (χ2v) is 6.02. The van der Waals surface area contributed by atoms with Crippen LogP contribution in [0.1, 0.15) is 52.9 Å². The maximum atomic E-state index is 11.9. The lowest BCUT2D eigenvalue weighted by atomic mass is 9.86. The van der Waals surface area contributed by atoms with Gasteiger partial charge in [-0.2, -0.15) is 0 Å². The minimum Gasteiger partial charge on any atom is -0.480 e. The summed E-state index contributed by atoms with van der Waals surface area (Å²) in [5, 5.41) is 15.0. The predicted molar refractivity (Wildman–Crippen MR) is 78.4 cm³/mol. The van der Waals surface area contributed by atoms with Crippen molar-refractivity contribution in [3.8, 4) is 0 Å². The lowest BCUT2D eigenvalue weighted by Gasteiger charge is -2.30. The van der Waals surface area contributed by atoms with Crippen LogP contribution in [0.3, 0.4) is 0 Å². The summed E-state index contributed by atoms with van der Waals surface area (Å²) in [4.78, 5) is 23.1. The first-order valence-corrected chi connectivity index (χ1v) is 7.71. The van der Waals surface area contributed by atoms with E-state index >= 15 is 0 Å². The SMILES string of the molecule is CC[C@H](C)[C@H](NCC(=O)NC1CCCCC1C)C(=O)O. The van der Waals surface area contributed by atoms with Gasteiger partial charge in [-0.1, -0.05) is 40.0 Å². The topological polar surface area (TPSA) is 78.4 Å². The molecule has 0 bridgehead atoms. The van der Waals surface area contributed by atoms with Crippen molar-refractivity contribution in [2.24, 2.45) is 11.8 Å². The molecule has 0 aromatic carbocycles. The maximum absolute atomic E-state index is 11.9. The fourth-order valence-corrected chi connectivity index (χ4v) is 2.76. The minimum absolute atomic E-state index is 0.00824. The number of hydrogen-bond acceptors (Lipinski definition) is 3. The molecule has 5 nitrogen and oxygen atoms in total. The van der Waals surface area contributed by atoms with Crippen LogP contribution in [0, 0.1) is 11.8 Å². The third kappa shape index (κ3) is 5.12. The molecule has 0 aromatic rings. The molecule has 20 heavy (non-hydrogen) atoms. The second-order valence-electron chi connectivity index (χ2n) is 6.02. The number of hydrogen-bond donors (Lipinski definition) is 3. The molecule has 0 radical (unpaired) electrons. The van der Waals surface area contributed by atoms with Gasteiger partial charge in [-0.15, -0.1) is 0 Å². The summed E-state index contributed by atoms with van der Waals surface area (Å²) >= 11 is 0.